The third kappa shape index (κ3) is 5.42. The molecule has 0 aliphatic carbocycles. The first-order chi connectivity index (χ1) is 11.9. The van der Waals surface area contributed by atoms with Crippen molar-refractivity contribution in [3.05, 3.63) is 51.7 Å². The van der Waals surface area contributed by atoms with Gasteiger partial charge in [0.25, 0.3) is 5.91 Å². The predicted molar refractivity (Wildman–Crippen MR) is 95.0 cm³/mol. The minimum Gasteiger partial charge on any atom is -0.459 e. The zero-order valence-corrected chi connectivity index (χ0v) is 15.0. The molecule has 6 nitrogen and oxygen atoms in total. The van der Waals surface area contributed by atoms with E-state index in [4.69, 9.17) is 9.47 Å². The molecule has 0 saturated heterocycles. The molecule has 0 radical (unpaired) electrons. The molecule has 1 N–H and O–H groups in total. The normalized spacial score (nSPS) is 10.4. The third-order valence-electron chi connectivity index (χ3n) is 3.13. The number of anilines is 1. The number of carbonyl (C=O) groups is 3. The lowest BCUT2D eigenvalue weighted by Crippen LogP contribution is -2.21. The van der Waals surface area contributed by atoms with Gasteiger partial charge in [-0.1, -0.05) is 0 Å². The van der Waals surface area contributed by atoms with Gasteiger partial charge in [0.2, 0.25) is 0 Å². The topological polar surface area (TPSA) is 81.7 Å². The maximum Gasteiger partial charge on any atom is 0.349 e. The summed E-state index contributed by atoms with van der Waals surface area (Å²) in [5.74, 6) is -1.40. The summed E-state index contributed by atoms with van der Waals surface area (Å²) in [6, 6.07) is 8.09. The Labute approximate surface area is 149 Å². The fourth-order valence-corrected chi connectivity index (χ4v) is 2.76. The van der Waals surface area contributed by atoms with Crippen LogP contribution in [0.3, 0.4) is 0 Å². The highest BCUT2D eigenvalue weighted by Crippen LogP contribution is 2.16. The smallest absolute Gasteiger partial charge is 0.349 e. The lowest BCUT2D eigenvalue weighted by Gasteiger charge is -2.09. The average Bonchev–Trinajstić information content (AvgIpc) is 2.99. The summed E-state index contributed by atoms with van der Waals surface area (Å²) in [4.78, 5) is 35.9. The quantitative estimate of drug-likeness (QED) is 0.797. The third-order valence-corrected chi connectivity index (χ3v) is 4.13. The number of carbonyl (C=O) groups excluding carboxylic acids is 3. The maximum absolute atomic E-state index is 11.9. The van der Waals surface area contributed by atoms with Crippen molar-refractivity contribution in [1.82, 2.24) is 0 Å². The van der Waals surface area contributed by atoms with Crippen molar-refractivity contribution in [3.63, 3.8) is 0 Å². The molecular weight excluding hydrogens is 342 g/mol. The molecule has 2 rings (SSSR count). The molecule has 1 aromatic carbocycles. The Hall–Kier alpha value is -2.67. The summed E-state index contributed by atoms with van der Waals surface area (Å²) in [5, 5.41) is 4.39. The van der Waals surface area contributed by atoms with Gasteiger partial charge in [0.05, 0.1) is 11.7 Å². The van der Waals surface area contributed by atoms with E-state index in [0.29, 0.717) is 16.1 Å². The summed E-state index contributed by atoms with van der Waals surface area (Å²) < 4.78 is 10.1. The lowest BCUT2D eigenvalue weighted by molar-refractivity contribution is -0.119. The summed E-state index contributed by atoms with van der Waals surface area (Å²) in [6.45, 7) is 4.96. The van der Waals surface area contributed by atoms with E-state index in [-0.39, 0.29) is 12.7 Å². The molecule has 0 spiro atoms. The first-order valence-electron chi connectivity index (χ1n) is 7.69. The number of nitrogens with one attached hydrogen (secondary N) is 1. The van der Waals surface area contributed by atoms with Crippen molar-refractivity contribution in [2.24, 2.45) is 0 Å². The molecule has 7 heteroatoms. The summed E-state index contributed by atoms with van der Waals surface area (Å²) in [7, 11) is 0. The lowest BCUT2D eigenvalue weighted by atomic mass is 10.2. The monoisotopic (exact) mass is 361 g/mol. The molecule has 132 valence electrons. The van der Waals surface area contributed by atoms with Crippen molar-refractivity contribution in [3.8, 4) is 0 Å². The number of hydrogen-bond donors (Lipinski definition) is 1. The number of esters is 2. The van der Waals surface area contributed by atoms with Crippen LogP contribution in [0.25, 0.3) is 0 Å². The van der Waals surface area contributed by atoms with Gasteiger partial charge in [-0.05, 0) is 62.0 Å². The van der Waals surface area contributed by atoms with Gasteiger partial charge in [-0.15, -0.1) is 11.3 Å². The first-order valence-corrected chi connectivity index (χ1v) is 8.57. The van der Waals surface area contributed by atoms with Gasteiger partial charge in [-0.3, -0.25) is 4.79 Å². The van der Waals surface area contributed by atoms with Gasteiger partial charge < -0.3 is 14.8 Å². The van der Waals surface area contributed by atoms with Crippen LogP contribution in [-0.4, -0.2) is 30.6 Å². The van der Waals surface area contributed by atoms with Crippen LogP contribution >= 0.6 is 11.3 Å². The van der Waals surface area contributed by atoms with Crippen LogP contribution in [0.5, 0.6) is 0 Å². The van der Waals surface area contributed by atoms with Gasteiger partial charge >= 0.3 is 11.9 Å². The largest absolute Gasteiger partial charge is 0.459 e. The standard InChI is InChI=1S/C18H19NO5S/c1-11(2)24-17(21)13-4-6-14(7-5-13)19-15(20)10-23-18(22)16-12(3)8-9-25-16/h4-9,11H,10H2,1-3H3,(H,19,20). The van der Waals surface area contributed by atoms with Crippen molar-refractivity contribution in [2.45, 2.75) is 26.9 Å². The number of amides is 1. The zero-order valence-electron chi connectivity index (χ0n) is 14.2. The molecule has 0 unspecified atom stereocenters. The van der Waals surface area contributed by atoms with E-state index in [1.165, 1.54) is 11.3 Å². The molecule has 0 aliphatic rings. The second kappa shape index (κ2) is 8.43. The van der Waals surface area contributed by atoms with Crippen LogP contribution in [0.4, 0.5) is 5.69 Å². The van der Waals surface area contributed by atoms with Crippen LogP contribution in [0.1, 0.15) is 39.4 Å². The van der Waals surface area contributed by atoms with Crippen molar-refractivity contribution < 1.29 is 23.9 Å². The van der Waals surface area contributed by atoms with Gasteiger partial charge in [0.15, 0.2) is 6.61 Å². The van der Waals surface area contributed by atoms with Crippen LogP contribution in [0.2, 0.25) is 0 Å². The fourth-order valence-electron chi connectivity index (χ4n) is 1.95. The molecule has 0 bridgehead atoms. The molecule has 25 heavy (non-hydrogen) atoms. The predicted octanol–water partition coefficient (Wildman–Crippen LogP) is 3.42. The Bertz CT molecular complexity index is 764. The van der Waals surface area contributed by atoms with Crippen molar-refractivity contribution in [2.75, 3.05) is 11.9 Å². The molecule has 2 aromatic rings. The van der Waals surface area contributed by atoms with Crippen molar-refractivity contribution in [1.29, 1.82) is 0 Å². The summed E-state index contributed by atoms with van der Waals surface area (Å²) in [6.07, 6.45) is -0.200. The number of ether oxygens (including phenoxy) is 2. The summed E-state index contributed by atoms with van der Waals surface area (Å²) in [5.41, 5.74) is 1.71. The van der Waals surface area contributed by atoms with Gasteiger partial charge in [-0.25, -0.2) is 9.59 Å². The average molecular weight is 361 g/mol. The van der Waals surface area contributed by atoms with E-state index in [1.807, 2.05) is 6.07 Å². The number of benzene rings is 1. The highest BCUT2D eigenvalue weighted by atomic mass is 32.1. The van der Waals surface area contributed by atoms with E-state index < -0.39 is 17.8 Å². The van der Waals surface area contributed by atoms with Gasteiger partial charge in [0, 0.05) is 5.69 Å². The maximum atomic E-state index is 11.9. The number of hydrogen-bond acceptors (Lipinski definition) is 6. The van der Waals surface area contributed by atoms with Gasteiger partial charge in [-0.2, -0.15) is 0 Å². The highest BCUT2D eigenvalue weighted by molar-refractivity contribution is 7.12. The number of rotatable bonds is 6. The molecule has 0 aliphatic heterocycles. The second-order valence-electron chi connectivity index (χ2n) is 5.59. The SMILES string of the molecule is Cc1ccsc1C(=O)OCC(=O)Nc1ccc(C(=O)OC(C)C)cc1. The Kier molecular flexibility index (Phi) is 6.30. The van der Waals surface area contributed by atoms with E-state index in [9.17, 15) is 14.4 Å². The van der Waals surface area contributed by atoms with E-state index in [0.717, 1.165) is 5.56 Å². The molecule has 1 amide bonds. The van der Waals surface area contributed by atoms with E-state index in [2.05, 4.69) is 5.32 Å². The Morgan fingerprint density at radius 3 is 2.32 bits per heavy atom. The first kappa shape index (κ1) is 18.7. The fraction of sp³-hybridized carbons (Fsp3) is 0.278. The Morgan fingerprint density at radius 2 is 1.76 bits per heavy atom. The van der Waals surface area contributed by atoms with Crippen molar-refractivity contribution >= 4 is 34.9 Å². The molecular formula is C18H19NO5S. The van der Waals surface area contributed by atoms with E-state index in [1.54, 1.807) is 50.4 Å². The molecule has 0 fully saturated rings. The molecule has 0 saturated carbocycles. The number of aryl methyl sites for hydroxylation is 1. The van der Waals surface area contributed by atoms with Gasteiger partial charge in [0.1, 0.15) is 4.88 Å². The van der Waals surface area contributed by atoms with E-state index >= 15 is 0 Å². The zero-order chi connectivity index (χ0) is 18.4. The highest BCUT2D eigenvalue weighted by Gasteiger charge is 2.14. The molecule has 0 atom stereocenters. The molecule has 1 aromatic heterocycles. The second-order valence-corrected chi connectivity index (χ2v) is 6.50. The minimum absolute atomic E-state index is 0.200. The van der Waals surface area contributed by atoms with Crippen LogP contribution in [0, 0.1) is 6.92 Å². The Balaban J connectivity index is 1.85. The Morgan fingerprint density at radius 1 is 1.08 bits per heavy atom. The van der Waals surface area contributed by atoms with Crippen LogP contribution in [-0.2, 0) is 14.3 Å². The summed E-state index contributed by atoms with van der Waals surface area (Å²) >= 11 is 1.27. The number of thiophene rings is 1. The molecule has 1 heterocycles. The van der Waals surface area contributed by atoms with Crippen LogP contribution < -0.4 is 5.32 Å². The van der Waals surface area contributed by atoms with Crippen LogP contribution in [0.15, 0.2) is 35.7 Å². The minimum atomic E-state index is -0.519.